The van der Waals surface area contributed by atoms with Crippen LogP contribution in [-0.2, 0) is 24.1 Å². The second-order valence-electron chi connectivity index (χ2n) is 7.99. The quantitative estimate of drug-likeness (QED) is 0.645. The predicted octanol–water partition coefficient (Wildman–Crippen LogP) is 4.27. The summed E-state index contributed by atoms with van der Waals surface area (Å²) in [6.07, 6.45) is -2.20. The number of aromatic nitrogens is 3. The Balaban J connectivity index is 1.69. The van der Waals surface area contributed by atoms with Crippen LogP contribution in [0.2, 0.25) is 0 Å². The molecule has 0 aliphatic carbocycles. The summed E-state index contributed by atoms with van der Waals surface area (Å²) < 4.78 is 44.1. The molecule has 0 radical (unpaired) electrons. The maximum Gasteiger partial charge on any atom is 0.417 e. The minimum atomic E-state index is -4.47. The SMILES string of the molecule is CC(C)N(C(=O)c1cc2c3c(c(N)nc2cn1)COC3)[C@H](C)c1ccc(C(F)(F)F)cn1. The van der Waals surface area contributed by atoms with E-state index in [1.807, 2.05) is 13.8 Å². The van der Waals surface area contributed by atoms with Gasteiger partial charge in [0.25, 0.3) is 5.91 Å². The summed E-state index contributed by atoms with van der Waals surface area (Å²) in [6, 6.07) is 3.11. The monoisotopic (exact) mass is 445 g/mol. The lowest BCUT2D eigenvalue weighted by Gasteiger charge is -2.32. The average Bonchev–Trinajstić information content (AvgIpc) is 3.24. The van der Waals surface area contributed by atoms with Crippen molar-refractivity contribution in [3.63, 3.8) is 0 Å². The van der Waals surface area contributed by atoms with Crippen molar-refractivity contribution in [2.24, 2.45) is 0 Å². The third-order valence-electron chi connectivity index (χ3n) is 5.58. The fraction of sp³-hybridized carbons (Fsp3) is 0.364. The van der Waals surface area contributed by atoms with E-state index < -0.39 is 17.8 Å². The fourth-order valence-corrected chi connectivity index (χ4v) is 3.94. The average molecular weight is 445 g/mol. The Morgan fingerprint density at radius 1 is 1.12 bits per heavy atom. The molecule has 7 nitrogen and oxygen atoms in total. The summed E-state index contributed by atoms with van der Waals surface area (Å²) in [4.78, 5) is 27.5. The van der Waals surface area contributed by atoms with Crippen molar-refractivity contribution >= 4 is 22.6 Å². The minimum Gasteiger partial charge on any atom is -0.383 e. The van der Waals surface area contributed by atoms with Crippen LogP contribution in [0.3, 0.4) is 0 Å². The molecule has 10 heteroatoms. The molecule has 4 rings (SSSR count). The molecule has 3 aromatic heterocycles. The predicted molar refractivity (Wildman–Crippen MR) is 111 cm³/mol. The largest absolute Gasteiger partial charge is 0.417 e. The van der Waals surface area contributed by atoms with Crippen molar-refractivity contribution in [1.82, 2.24) is 19.9 Å². The van der Waals surface area contributed by atoms with Crippen LogP contribution in [0.25, 0.3) is 10.9 Å². The van der Waals surface area contributed by atoms with Crippen molar-refractivity contribution in [2.75, 3.05) is 5.73 Å². The Morgan fingerprint density at radius 3 is 2.47 bits per heavy atom. The van der Waals surface area contributed by atoms with Gasteiger partial charge in [0, 0.05) is 23.2 Å². The molecule has 0 fully saturated rings. The Kier molecular flexibility index (Phi) is 5.49. The number of carbonyl (C=O) groups excluding carboxylic acids is 1. The van der Waals surface area contributed by atoms with E-state index >= 15 is 0 Å². The number of hydrogen-bond acceptors (Lipinski definition) is 6. The molecule has 0 saturated carbocycles. The molecule has 1 aliphatic rings. The number of alkyl halides is 3. The number of nitrogen functional groups attached to an aromatic ring is 1. The molecule has 4 heterocycles. The van der Waals surface area contributed by atoms with Gasteiger partial charge in [0.2, 0.25) is 0 Å². The van der Waals surface area contributed by atoms with Crippen molar-refractivity contribution in [2.45, 2.75) is 52.2 Å². The van der Waals surface area contributed by atoms with Gasteiger partial charge in [-0.15, -0.1) is 0 Å². The van der Waals surface area contributed by atoms with E-state index in [2.05, 4.69) is 15.0 Å². The van der Waals surface area contributed by atoms with Crippen LogP contribution in [-0.4, -0.2) is 31.8 Å². The van der Waals surface area contributed by atoms with E-state index in [4.69, 9.17) is 10.5 Å². The highest BCUT2D eigenvalue weighted by Gasteiger charge is 2.32. The maximum absolute atomic E-state index is 13.4. The molecule has 1 atom stereocenters. The molecule has 0 aromatic carbocycles. The molecule has 168 valence electrons. The van der Waals surface area contributed by atoms with Crippen LogP contribution in [0, 0.1) is 0 Å². The second kappa shape index (κ2) is 8.01. The molecule has 1 amide bonds. The van der Waals surface area contributed by atoms with E-state index in [1.165, 1.54) is 12.3 Å². The van der Waals surface area contributed by atoms with Gasteiger partial charge in [-0.05, 0) is 44.5 Å². The molecule has 0 saturated heterocycles. The standard InChI is InChI=1S/C22H22F3N5O2/c1-11(2)30(12(3)17-5-4-13(7-27-17)22(23,24)25)21(31)18-6-14-15-9-32-10-16(15)20(26)29-19(14)8-28-18/h4-8,11-12H,9-10H2,1-3H3,(H2,26,29)/t12-/m1/s1. The number of fused-ring (bicyclic) bond motifs is 3. The molecule has 1 aliphatic heterocycles. The fourth-order valence-electron chi connectivity index (χ4n) is 3.94. The number of carbonyl (C=O) groups is 1. The lowest BCUT2D eigenvalue weighted by Crippen LogP contribution is -2.39. The molecule has 0 unspecified atom stereocenters. The van der Waals surface area contributed by atoms with Gasteiger partial charge in [0.05, 0.1) is 42.2 Å². The number of halogens is 3. The van der Waals surface area contributed by atoms with Crippen LogP contribution < -0.4 is 5.73 Å². The van der Waals surface area contributed by atoms with Gasteiger partial charge in [0.1, 0.15) is 11.5 Å². The van der Waals surface area contributed by atoms with Crippen molar-refractivity contribution in [1.29, 1.82) is 0 Å². The van der Waals surface area contributed by atoms with E-state index in [9.17, 15) is 18.0 Å². The molecular weight excluding hydrogens is 423 g/mol. The van der Waals surface area contributed by atoms with E-state index in [0.717, 1.165) is 28.8 Å². The number of anilines is 1. The van der Waals surface area contributed by atoms with Gasteiger partial charge in [-0.1, -0.05) is 0 Å². The van der Waals surface area contributed by atoms with Crippen molar-refractivity contribution < 1.29 is 22.7 Å². The Hall–Kier alpha value is -3.27. The third kappa shape index (κ3) is 3.86. The van der Waals surface area contributed by atoms with Crippen LogP contribution in [0.4, 0.5) is 19.0 Å². The van der Waals surface area contributed by atoms with Gasteiger partial charge >= 0.3 is 6.18 Å². The highest BCUT2D eigenvalue weighted by atomic mass is 19.4. The zero-order valence-corrected chi connectivity index (χ0v) is 17.8. The van der Waals surface area contributed by atoms with Crippen molar-refractivity contribution in [3.05, 3.63) is 58.7 Å². The molecular formula is C22H22F3N5O2. The highest BCUT2D eigenvalue weighted by molar-refractivity contribution is 5.97. The molecule has 0 spiro atoms. The summed E-state index contributed by atoms with van der Waals surface area (Å²) in [5.74, 6) is 0.0253. The summed E-state index contributed by atoms with van der Waals surface area (Å²) in [7, 11) is 0. The smallest absolute Gasteiger partial charge is 0.383 e. The molecule has 32 heavy (non-hydrogen) atoms. The topological polar surface area (TPSA) is 94.2 Å². The van der Waals surface area contributed by atoms with E-state index in [0.29, 0.717) is 30.2 Å². The summed E-state index contributed by atoms with van der Waals surface area (Å²) in [6.45, 7) is 6.11. The first kappa shape index (κ1) is 21.9. The van der Waals surface area contributed by atoms with Gasteiger partial charge in [0.15, 0.2) is 0 Å². The number of nitrogens with two attached hydrogens (primary N) is 1. The van der Waals surface area contributed by atoms with Gasteiger partial charge < -0.3 is 15.4 Å². The zero-order valence-electron chi connectivity index (χ0n) is 17.8. The highest BCUT2D eigenvalue weighted by Crippen LogP contribution is 2.33. The third-order valence-corrected chi connectivity index (χ3v) is 5.58. The summed E-state index contributed by atoms with van der Waals surface area (Å²) >= 11 is 0. The Morgan fingerprint density at radius 2 is 1.84 bits per heavy atom. The van der Waals surface area contributed by atoms with Crippen LogP contribution >= 0.6 is 0 Å². The number of amides is 1. The molecule has 3 aromatic rings. The lowest BCUT2D eigenvalue weighted by atomic mass is 10.0. The number of pyridine rings is 3. The minimum absolute atomic E-state index is 0.200. The van der Waals surface area contributed by atoms with Crippen LogP contribution in [0.15, 0.2) is 30.6 Å². The second-order valence-corrected chi connectivity index (χ2v) is 7.99. The maximum atomic E-state index is 13.4. The van der Waals surface area contributed by atoms with Crippen LogP contribution in [0.5, 0.6) is 0 Å². The number of hydrogen-bond donors (Lipinski definition) is 1. The first-order valence-electron chi connectivity index (χ1n) is 10.1. The normalized spacial score (nSPS) is 14.6. The van der Waals surface area contributed by atoms with Gasteiger partial charge in [-0.3, -0.25) is 9.78 Å². The molecule has 0 bridgehead atoms. The first-order valence-corrected chi connectivity index (χ1v) is 10.1. The number of nitrogens with zero attached hydrogens (tertiary/aromatic N) is 4. The number of ether oxygens (including phenoxy) is 1. The number of rotatable bonds is 4. The first-order chi connectivity index (χ1) is 15.1. The van der Waals surface area contributed by atoms with Crippen molar-refractivity contribution in [3.8, 4) is 0 Å². The summed E-state index contributed by atoms with van der Waals surface area (Å²) in [5, 5.41) is 0.745. The van der Waals surface area contributed by atoms with E-state index in [-0.39, 0.29) is 17.6 Å². The summed E-state index contributed by atoms with van der Waals surface area (Å²) in [5.41, 5.74) is 7.97. The van der Waals surface area contributed by atoms with Gasteiger partial charge in [-0.25, -0.2) is 9.97 Å². The molecule has 2 N–H and O–H groups in total. The Bertz CT molecular complexity index is 1180. The zero-order chi connectivity index (χ0) is 23.2. The van der Waals surface area contributed by atoms with Crippen LogP contribution in [0.1, 0.15) is 59.7 Å². The van der Waals surface area contributed by atoms with Gasteiger partial charge in [-0.2, -0.15) is 13.2 Å². The van der Waals surface area contributed by atoms with E-state index in [1.54, 1.807) is 17.9 Å². The Labute approximate surface area is 182 Å². The lowest BCUT2D eigenvalue weighted by molar-refractivity contribution is -0.137.